The molecule has 0 fully saturated rings. The van der Waals surface area contributed by atoms with Gasteiger partial charge >= 0.3 is 0 Å². The van der Waals surface area contributed by atoms with Gasteiger partial charge in [0.2, 0.25) is 0 Å². The normalized spacial score (nSPS) is 13.2. The van der Waals surface area contributed by atoms with Gasteiger partial charge in [-0.15, -0.1) is 0 Å². The van der Waals surface area contributed by atoms with Crippen LogP contribution in [0, 0.1) is 34.4 Å². The van der Waals surface area contributed by atoms with Gasteiger partial charge in [-0.2, -0.15) is 5.26 Å². The van der Waals surface area contributed by atoms with Crippen LogP contribution >= 0.6 is 0 Å². The number of nitrogens with zero attached hydrogens (tertiary/aromatic N) is 5. The molecule has 7 nitrogen and oxygen atoms in total. The molecular formula is C24H24FN7. The molecule has 0 saturated heterocycles. The molecule has 3 heterocycles. The molecule has 1 aliphatic rings. The lowest BCUT2D eigenvalue weighted by Crippen LogP contribution is -2.29. The van der Waals surface area contributed by atoms with Crippen LogP contribution in [0.1, 0.15) is 31.4 Å². The van der Waals surface area contributed by atoms with Crippen molar-refractivity contribution in [2.24, 2.45) is 11.3 Å². The number of rotatable bonds is 2. The summed E-state index contributed by atoms with van der Waals surface area (Å²) in [4.78, 5) is 10.9. The molecule has 0 bridgehead atoms. The third kappa shape index (κ3) is 3.77. The Morgan fingerprint density at radius 1 is 1.31 bits per heavy atom. The zero-order valence-electron chi connectivity index (χ0n) is 18.3. The maximum absolute atomic E-state index is 14.2. The van der Waals surface area contributed by atoms with E-state index in [9.17, 15) is 9.65 Å². The van der Waals surface area contributed by atoms with Crippen molar-refractivity contribution in [3.63, 3.8) is 0 Å². The van der Waals surface area contributed by atoms with Crippen molar-refractivity contribution >= 4 is 33.9 Å². The Hall–Kier alpha value is -3.88. The second-order valence-electron chi connectivity index (χ2n) is 8.38. The van der Waals surface area contributed by atoms with Gasteiger partial charge in [0, 0.05) is 30.2 Å². The van der Waals surface area contributed by atoms with E-state index >= 15 is 0 Å². The predicted molar refractivity (Wildman–Crippen MR) is 125 cm³/mol. The molecule has 0 unspecified atom stereocenters. The monoisotopic (exact) mass is 429 g/mol. The van der Waals surface area contributed by atoms with Crippen molar-refractivity contribution in [3.05, 3.63) is 47.4 Å². The van der Waals surface area contributed by atoms with Crippen LogP contribution in [0.4, 0.5) is 27.4 Å². The Morgan fingerprint density at radius 3 is 2.81 bits per heavy atom. The first-order valence-electron chi connectivity index (χ1n) is 10.3. The standard InChI is InChI=1S/C24H24FN7/c1-24(2,14-26)10-9-15-6-4-8-19-17(15)7-5-11-32(19)23-18-12-16(25)13-29-20(18)21(31(3)28)22(27)30-23/h4,6,8,12-13H,5,7,11,28H2,1-3H3,(H2,27,30). The van der Waals surface area contributed by atoms with Crippen molar-refractivity contribution in [3.8, 4) is 17.9 Å². The SMILES string of the molecule is CN(N)c1c(N)nc(N2CCCc3c(C#CC(C)(C)C#N)cccc32)c2cc(F)cnc12. The van der Waals surface area contributed by atoms with Crippen LogP contribution in [0.15, 0.2) is 30.5 Å². The number of hydrogen-bond acceptors (Lipinski definition) is 7. The van der Waals surface area contributed by atoms with Crippen molar-refractivity contribution in [1.29, 1.82) is 5.26 Å². The van der Waals surface area contributed by atoms with Crippen LogP contribution in [-0.4, -0.2) is 23.6 Å². The Balaban J connectivity index is 1.92. The molecule has 162 valence electrons. The minimum absolute atomic E-state index is 0.218. The van der Waals surface area contributed by atoms with E-state index in [1.54, 1.807) is 20.9 Å². The minimum atomic E-state index is -0.740. The fraction of sp³-hybridized carbons (Fsp3) is 0.292. The zero-order chi connectivity index (χ0) is 23.0. The molecule has 4 N–H and O–H groups in total. The second kappa shape index (κ2) is 7.99. The van der Waals surface area contributed by atoms with Gasteiger partial charge in [0.05, 0.1) is 12.3 Å². The Labute approximate surface area is 186 Å². The van der Waals surface area contributed by atoms with Gasteiger partial charge < -0.3 is 15.6 Å². The highest BCUT2D eigenvalue weighted by Crippen LogP contribution is 2.40. The number of nitriles is 1. The summed E-state index contributed by atoms with van der Waals surface area (Å²) in [5, 5.41) is 11.2. The lowest BCUT2D eigenvalue weighted by atomic mass is 9.93. The van der Waals surface area contributed by atoms with E-state index in [0.29, 0.717) is 29.0 Å². The first-order chi connectivity index (χ1) is 15.2. The number of nitrogen functional groups attached to an aromatic ring is 1. The summed E-state index contributed by atoms with van der Waals surface area (Å²) in [5.74, 6) is 12.5. The van der Waals surface area contributed by atoms with Gasteiger partial charge in [-0.1, -0.05) is 17.9 Å². The maximum Gasteiger partial charge on any atom is 0.153 e. The fourth-order valence-electron chi connectivity index (χ4n) is 3.91. The number of benzene rings is 1. The molecule has 0 radical (unpaired) electrons. The van der Waals surface area contributed by atoms with Crippen LogP contribution in [-0.2, 0) is 6.42 Å². The summed E-state index contributed by atoms with van der Waals surface area (Å²) in [7, 11) is 1.64. The van der Waals surface area contributed by atoms with Crippen molar-refractivity contribution in [1.82, 2.24) is 9.97 Å². The van der Waals surface area contributed by atoms with Crippen molar-refractivity contribution < 1.29 is 4.39 Å². The van der Waals surface area contributed by atoms with Gasteiger partial charge in [0.25, 0.3) is 0 Å². The molecule has 0 spiro atoms. The second-order valence-corrected chi connectivity index (χ2v) is 8.38. The molecule has 8 heteroatoms. The molecule has 0 amide bonds. The Kier molecular flexibility index (Phi) is 5.33. The largest absolute Gasteiger partial charge is 0.382 e. The highest BCUT2D eigenvalue weighted by atomic mass is 19.1. The molecule has 1 aliphatic heterocycles. The summed E-state index contributed by atoms with van der Waals surface area (Å²) in [6.07, 6.45) is 2.85. The van der Waals surface area contributed by atoms with Crippen LogP contribution in [0.2, 0.25) is 0 Å². The number of hydrazine groups is 1. The molecule has 32 heavy (non-hydrogen) atoms. The minimum Gasteiger partial charge on any atom is -0.382 e. The van der Waals surface area contributed by atoms with E-state index in [4.69, 9.17) is 11.6 Å². The van der Waals surface area contributed by atoms with Gasteiger partial charge in [0.1, 0.15) is 28.3 Å². The number of anilines is 4. The van der Waals surface area contributed by atoms with E-state index < -0.39 is 11.2 Å². The van der Waals surface area contributed by atoms with E-state index in [2.05, 4.69) is 27.9 Å². The number of halogens is 1. The quantitative estimate of drug-likeness (QED) is 0.364. The van der Waals surface area contributed by atoms with E-state index in [0.717, 1.165) is 35.9 Å². The van der Waals surface area contributed by atoms with Crippen LogP contribution in [0.25, 0.3) is 10.9 Å². The molecule has 0 saturated carbocycles. The Morgan fingerprint density at radius 2 is 2.09 bits per heavy atom. The van der Waals surface area contributed by atoms with Gasteiger partial charge in [0.15, 0.2) is 5.82 Å². The van der Waals surface area contributed by atoms with E-state index in [1.807, 2.05) is 23.1 Å². The summed E-state index contributed by atoms with van der Waals surface area (Å²) in [5.41, 5.74) is 9.31. The average molecular weight is 430 g/mol. The Bertz CT molecular complexity index is 1310. The number of pyridine rings is 2. The third-order valence-corrected chi connectivity index (χ3v) is 5.44. The van der Waals surface area contributed by atoms with Crippen LogP contribution in [0.5, 0.6) is 0 Å². The molecule has 0 aliphatic carbocycles. The van der Waals surface area contributed by atoms with E-state index in [1.165, 1.54) is 11.1 Å². The topological polar surface area (TPSA) is 108 Å². The molecular weight excluding hydrogens is 405 g/mol. The lowest BCUT2D eigenvalue weighted by Gasteiger charge is -2.32. The van der Waals surface area contributed by atoms with Crippen molar-refractivity contribution in [2.45, 2.75) is 26.7 Å². The fourth-order valence-corrected chi connectivity index (χ4v) is 3.91. The first-order valence-corrected chi connectivity index (χ1v) is 10.3. The van der Waals surface area contributed by atoms with Crippen molar-refractivity contribution in [2.75, 3.05) is 29.2 Å². The number of hydrogen-bond donors (Lipinski definition) is 2. The smallest absolute Gasteiger partial charge is 0.153 e. The highest BCUT2D eigenvalue weighted by Gasteiger charge is 2.26. The van der Waals surface area contributed by atoms with Gasteiger partial charge in [-0.3, -0.25) is 4.98 Å². The van der Waals surface area contributed by atoms with Crippen LogP contribution < -0.4 is 21.5 Å². The van der Waals surface area contributed by atoms with E-state index in [-0.39, 0.29) is 5.82 Å². The van der Waals surface area contributed by atoms with Gasteiger partial charge in [-0.25, -0.2) is 15.2 Å². The summed E-state index contributed by atoms with van der Waals surface area (Å²) in [6.45, 7) is 4.26. The molecule has 2 aromatic heterocycles. The third-order valence-electron chi connectivity index (χ3n) is 5.44. The predicted octanol–water partition coefficient (Wildman–Crippen LogP) is 3.65. The summed E-state index contributed by atoms with van der Waals surface area (Å²) in [6, 6.07) is 9.49. The lowest BCUT2D eigenvalue weighted by molar-refractivity contribution is 0.624. The first kappa shape index (κ1) is 21.4. The summed E-state index contributed by atoms with van der Waals surface area (Å²) >= 11 is 0. The summed E-state index contributed by atoms with van der Waals surface area (Å²) < 4.78 is 14.2. The number of fused-ring (bicyclic) bond motifs is 2. The molecule has 3 aromatic rings. The molecule has 1 aromatic carbocycles. The zero-order valence-corrected chi connectivity index (χ0v) is 18.3. The molecule has 0 atom stereocenters. The highest BCUT2D eigenvalue weighted by molar-refractivity contribution is 6.03. The maximum atomic E-state index is 14.2. The molecule has 4 rings (SSSR count). The average Bonchev–Trinajstić information content (AvgIpc) is 2.76. The number of nitrogens with two attached hydrogens (primary N) is 2. The van der Waals surface area contributed by atoms with Gasteiger partial charge in [-0.05, 0) is 50.5 Å². The van der Waals surface area contributed by atoms with Crippen LogP contribution in [0.3, 0.4) is 0 Å². The number of aromatic nitrogens is 2.